The summed E-state index contributed by atoms with van der Waals surface area (Å²) < 4.78 is 1.94. The molecule has 1 N–H and O–H groups in total. The van der Waals surface area contributed by atoms with Gasteiger partial charge in [0.2, 0.25) is 0 Å². The molecule has 6 nitrogen and oxygen atoms in total. The van der Waals surface area contributed by atoms with Crippen molar-refractivity contribution < 1.29 is 4.79 Å². The van der Waals surface area contributed by atoms with Gasteiger partial charge in [0.15, 0.2) is 11.0 Å². The van der Waals surface area contributed by atoms with Gasteiger partial charge >= 0.3 is 0 Å². The highest BCUT2D eigenvalue weighted by Crippen LogP contribution is 2.28. The van der Waals surface area contributed by atoms with Crippen LogP contribution in [0.5, 0.6) is 0 Å². The molecule has 0 unspecified atom stereocenters. The standard InChI is InChI=1S/C25H22ClN5OS/c1-2-22(18-9-5-3-6-10-18)27-28-23(32)17-33-25-30-29-24(19-13-15-20(26)16-14-19)31(25)21-11-7-4-8-12-21/h3-16H,2,17H2,1H3,(H,28,32)/b27-22-. The van der Waals surface area contributed by atoms with Gasteiger partial charge in [-0.2, -0.15) is 5.10 Å². The van der Waals surface area contributed by atoms with Gasteiger partial charge in [0.25, 0.3) is 5.91 Å². The van der Waals surface area contributed by atoms with E-state index in [0.717, 1.165) is 22.5 Å². The number of nitrogens with one attached hydrogen (secondary N) is 1. The van der Waals surface area contributed by atoms with E-state index in [4.69, 9.17) is 11.6 Å². The summed E-state index contributed by atoms with van der Waals surface area (Å²) in [5.74, 6) is 0.620. The molecule has 0 saturated heterocycles. The summed E-state index contributed by atoms with van der Waals surface area (Å²) in [6.07, 6.45) is 0.713. The van der Waals surface area contributed by atoms with Crippen molar-refractivity contribution in [2.24, 2.45) is 5.10 Å². The number of halogens is 1. The molecule has 1 amide bonds. The lowest BCUT2D eigenvalue weighted by molar-refractivity contribution is -0.118. The predicted molar refractivity (Wildman–Crippen MR) is 134 cm³/mol. The largest absolute Gasteiger partial charge is 0.272 e. The number of hydrazone groups is 1. The molecule has 4 rings (SSSR count). The van der Waals surface area contributed by atoms with Crippen molar-refractivity contribution in [3.63, 3.8) is 0 Å². The van der Waals surface area contributed by atoms with Crippen LogP contribution in [0.1, 0.15) is 18.9 Å². The first-order chi connectivity index (χ1) is 16.2. The van der Waals surface area contributed by atoms with Crippen LogP contribution >= 0.6 is 23.4 Å². The summed E-state index contributed by atoms with van der Waals surface area (Å²) in [7, 11) is 0. The quantitative estimate of drug-likeness (QED) is 0.204. The van der Waals surface area contributed by atoms with Crippen LogP contribution in [-0.4, -0.2) is 32.1 Å². The number of aromatic nitrogens is 3. The maximum absolute atomic E-state index is 12.5. The van der Waals surface area contributed by atoms with Gasteiger partial charge in [0.05, 0.1) is 11.5 Å². The monoisotopic (exact) mass is 475 g/mol. The first-order valence-electron chi connectivity index (χ1n) is 10.5. The molecule has 0 bridgehead atoms. The van der Waals surface area contributed by atoms with Crippen molar-refractivity contribution in [1.82, 2.24) is 20.2 Å². The molecule has 0 aliphatic rings. The maximum Gasteiger partial charge on any atom is 0.250 e. The number of benzene rings is 3. The van der Waals surface area contributed by atoms with Gasteiger partial charge in [-0.3, -0.25) is 9.36 Å². The van der Waals surface area contributed by atoms with Gasteiger partial charge in [-0.05, 0) is 48.4 Å². The Morgan fingerprint density at radius 3 is 2.30 bits per heavy atom. The van der Waals surface area contributed by atoms with Crippen LogP contribution in [0.4, 0.5) is 0 Å². The van der Waals surface area contributed by atoms with E-state index >= 15 is 0 Å². The Labute approximate surface area is 201 Å². The fraction of sp³-hybridized carbons (Fsp3) is 0.120. The molecule has 0 spiro atoms. The van der Waals surface area contributed by atoms with Crippen LogP contribution < -0.4 is 5.43 Å². The molecule has 0 atom stereocenters. The van der Waals surface area contributed by atoms with Crippen molar-refractivity contribution in [1.29, 1.82) is 0 Å². The number of rotatable bonds is 8. The summed E-state index contributed by atoms with van der Waals surface area (Å²) >= 11 is 7.35. The molecule has 0 radical (unpaired) electrons. The van der Waals surface area contributed by atoms with Gasteiger partial charge < -0.3 is 0 Å². The van der Waals surface area contributed by atoms with E-state index in [9.17, 15) is 4.79 Å². The minimum absolute atomic E-state index is 0.154. The number of amides is 1. The summed E-state index contributed by atoms with van der Waals surface area (Å²) in [5, 5.41) is 14.3. The van der Waals surface area contributed by atoms with E-state index in [1.165, 1.54) is 11.8 Å². The van der Waals surface area contributed by atoms with Gasteiger partial charge in [0, 0.05) is 16.3 Å². The van der Waals surface area contributed by atoms with Gasteiger partial charge in [-0.25, -0.2) is 5.43 Å². The van der Waals surface area contributed by atoms with Crippen molar-refractivity contribution in [3.05, 3.63) is 95.5 Å². The zero-order chi connectivity index (χ0) is 23.0. The molecule has 0 fully saturated rings. The van der Waals surface area contributed by atoms with Crippen LogP contribution in [0.3, 0.4) is 0 Å². The lowest BCUT2D eigenvalue weighted by Crippen LogP contribution is -2.22. The van der Waals surface area contributed by atoms with Crippen LogP contribution in [0.25, 0.3) is 17.1 Å². The smallest absolute Gasteiger partial charge is 0.250 e. The number of carbonyl (C=O) groups is 1. The fourth-order valence-corrected chi connectivity index (χ4v) is 4.10. The molecule has 8 heteroatoms. The minimum atomic E-state index is -0.211. The molecule has 1 heterocycles. The SMILES string of the molecule is CC/C(=N/NC(=O)CSc1nnc(-c2ccc(Cl)cc2)n1-c1ccccc1)c1ccccc1. The first kappa shape index (κ1) is 22.8. The Hall–Kier alpha value is -3.42. The maximum atomic E-state index is 12.5. The number of hydrogen-bond acceptors (Lipinski definition) is 5. The van der Waals surface area contributed by atoms with Crippen molar-refractivity contribution in [3.8, 4) is 17.1 Å². The van der Waals surface area contributed by atoms with Crippen LogP contribution in [0.15, 0.2) is 95.2 Å². The third-order valence-electron chi connectivity index (χ3n) is 4.84. The Morgan fingerprint density at radius 1 is 0.970 bits per heavy atom. The van der Waals surface area contributed by atoms with E-state index in [2.05, 4.69) is 20.7 Å². The zero-order valence-corrected chi connectivity index (χ0v) is 19.6. The molecular weight excluding hydrogens is 454 g/mol. The van der Waals surface area contributed by atoms with Crippen LogP contribution in [0, 0.1) is 0 Å². The Balaban J connectivity index is 1.53. The lowest BCUT2D eigenvalue weighted by atomic mass is 10.1. The summed E-state index contributed by atoms with van der Waals surface area (Å²) in [6, 6.07) is 27.0. The third kappa shape index (κ3) is 5.69. The molecule has 0 aliphatic carbocycles. The molecule has 33 heavy (non-hydrogen) atoms. The van der Waals surface area contributed by atoms with Crippen LogP contribution in [0.2, 0.25) is 5.02 Å². The highest BCUT2D eigenvalue weighted by atomic mass is 35.5. The van der Waals surface area contributed by atoms with Crippen LogP contribution in [-0.2, 0) is 4.79 Å². The molecule has 3 aromatic carbocycles. The average molecular weight is 476 g/mol. The second-order valence-electron chi connectivity index (χ2n) is 7.09. The molecule has 0 saturated carbocycles. The van der Waals surface area contributed by atoms with E-state index in [0.29, 0.717) is 22.4 Å². The van der Waals surface area contributed by atoms with Gasteiger partial charge in [-0.15, -0.1) is 10.2 Å². The topological polar surface area (TPSA) is 72.2 Å². The number of carbonyl (C=O) groups excluding carboxylic acids is 1. The van der Waals surface area contributed by atoms with E-state index in [-0.39, 0.29) is 11.7 Å². The molecular formula is C25H22ClN5OS. The van der Waals surface area contributed by atoms with E-state index < -0.39 is 0 Å². The lowest BCUT2D eigenvalue weighted by Gasteiger charge is -2.10. The minimum Gasteiger partial charge on any atom is -0.272 e. The second-order valence-corrected chi connectivity index (χ2v) is 8.46. The van der Waals surface area contributed by atoms with Gasteiger partial charge in [-0.1, -0.05) is 78.8 Å². The number of para-hydroxylation sites is 1. The molecule has 1 aromatic heterocycles. The second kappa shape index (κ2) is 10.9. The van der Waals surface area contributed by atoms with E-state index in [1.54, 1.807) is 0 Å². The fourth-order valence-electron chi connectivity index (χ4n) is 3.23. The molecule has 166 valence electrons. The Morgan fingerprint density at radius 2 is 1.64 bits per heavy atom. The zero-order valence-electron chi connectivity index (χ0n) is 18.0. The van der Waals surface area contributed by atoms with Crippen molar-refractivity contribution >= 4 is 35.0 Å². The number of nitrogens with zero attached hydrogens (tertiary/aromatic N) is 4. The Bertz CT molecular complexity index is 1240. The normalized spacial score (nSPS) is 11.4. The van der Waals surface area contributed by atoms with Crippen molar-refractivity contribution in [2.45, 2.75) is 18.5 Å². The predicted octanol–water partition coefficient (Wildman–Crippen LogP) is 5.61. The molecule has 0 aliphatic heterocycles. The number of hydrogen-bond donors (Lipinski definition) is 1. The highest BCUT2D eigenvalue weighted by Gasteiger charge is 2.17. The Kier molecular flexibility index (Phi) is 7.55. The van der Waals surface area contributed by atoms with Gasteiger partial charge in [0.1, 0.15) is 0 Å². The highest BCUT2D eigenvalue weighted by molar-refractivity contribution is 7.99. The van der Waals surface area contributed by atoms with Crippen molar-refractivity contribution in [2.75, 3.05) is 5.75 Å². The average Bonchev–Trinajstić information content (AvgIpc) is 3.29. The van der Waals surface area contributed by atoms with E-state index in [1.807, 2.05) is 96.4 Å². The summed E-state index contributed by atoms with van der Waals surface area (Å²) in [5.41, 5.74) is 6.27. The molecule has 4 aromatic rings. The first-order valence-corrected chi connectivity index (χ1v) is 11.8. The summed E-state index contributed by atoms with van der Waals surface area (Å²) in [6.45, 7) is 2.01. The third-order valence-corrected chi connectivity index (χ3v) is 6.02. The number of thioether (sulfide) groups is 1. The summed E-state index contributed by atoms with van der Waals surface area (Å²) in [4.78, 5) is 12.5.